The fraction of sp³-hybridized carbons (Fsp3) is 0.429. The SMILES string of the molecule is OC[C@H]1OC(Oc2c[nH]c3cc(Cl)c(Br)cc23)[C@H](O)[C@@H](O)[C@H]1O. The summed E-state index contributed by atoms with van der Waals surface area (Å²) in [5.74, 6) is 0.377. The summed E-state index contributed by atoms with van der Waals surface area (Å²) in [4.78, 5) is 2.98. The van der Waals surface area contributed by atoms with Gasteiger partial charge >= 0.3 is 0 Å². The molecule has 1 fully saturated rings. The Bertz CT molecular complexity index is 708. The first-order chi connectivity index (χ1) is 10.9. The highest BCUT2D eigenvalue weighted by Gasteiger charge is 2.44. The summed E-state index contributed by atoms with van der Waals surface area (Å²) in [5, 5.41) is 40.0. The zero-order valence-corrected chi connectivity index (χ0v) is 14.0. The number of rotatable bonds is 3. The molecule has 1 aromatic heterocycles. The molecule has 2 heterocycles. The average molecular weight is 409 g/mol. The molecule has 0 saturated carbocycles. The van der Waals surface area contributed by atoms with Gasteiger partial charge in [-0.05, 0) is 28.1 Å². The van der Waals surface area contributed by atoms with Gasteiger partial charge in [0.15, 0.2) is 0 Å². The van der Waals surface area contributed by atoms with E-state index < -0.39 is 37.3 Å². The Morgan fingerprint density at radius 2 is 1.96 bits per heavy atom. The van der Waals surface area contributed by atoms with E-state index in [1.165, 1.54) is 0 Å². The number of hydrogen-bond donors (Lipinski definition) is 5. The maximum atomic E-state index is 10.0. The molecule has 1 aromatic carbocycles. The average Bonchev–Trinajstić information content (AvgIpc) is 2.90. The van der Waals surface area contributed by atoms with Crippen LogP contribution in [0.3, 0.4) is 0 Å². The number of H-pyrrole nitrogens is 1. The summed E-state index contributed by atoms with van der Waals surface area (Å²) in [5.41, 5.74) is 0.720. The molecule has 2 aromatic rings. The lowest BCUT2D eigenvalue weighted by atomic mass is 9.99. The largest absolute Gasteiger partial charge is 0.460 e. The lowest BCUT2D eigenvalue weighted by molar-refractivity contribution is -0.277. The van der Waals surface area contributed by atoms with E-state index in [0.717, 1.165) is 5.52 Å². The van der Waals surface area contributed by atoms with Crippen LogP contribution in [0.1, 0.15) is 0 Å². The van der Waals surface area contributed by atoms with Gasteiger partial charge in [0, 0.05) is 16.1 Å². The molecule has 0 aliphatic carbocycles. The van der Waals surface area contributed by atoms with Crippen LogP contribution in [0.15, 0.2) is 22.8 Å². The van der Waals surface area contributed by atoms with Crippen molar-refractivity contribution >= 4 is 38.4 Å². The van der Waals surface area contributed by atoms with Crippen molar-refractivity contribution in [3.05, 3.63) is 27.8 Å². The lowest BCUT2D eigenvalue weighted by Gasteiger charge is -2.39. The van der Waals surface area contributed by atoms with Gasteiger partial charge in [-0.3, -0.25) is 0 Å². The number of nitrogens with one attached hydrogen (secondary N) is 1. The van der Waals surface area contributed by atoms with Gasteiger partial charge in [0.1, 0.15) is 30.2 Å². The zero-order valence-electron chi connectivity index (χ0n) is 11.7. The van der Waals surface area contributed by atoms with E-state index in [1.54, 1.807) is 18.3 Å². The van der Waals surface area contributed by atoms with Crippen LogP contribution >= 0.6 is 27.5 Å². The number of hydrogen-bond acceptors (Lipinski definition) is 6. The predicted molar refractivity (Wildman–Crippen MR) is 85.4 cm³/mol. The number of aliphatic hydroxyl groups excluding tert-OH is 4. The molecule has 1 saturated heterocycles. The van der Waals surface area contributed by atoms with Crippen molar-refractivity contribution < 1.29 is 29.9 Å². The normalized spacial score (nSPS) is 31.5. The molecular formula is C14H15BrClNO6. The van der Waals surface area contributed by atoms with E-state index in [1.807, 2.05) is 0 Å². The minimum atomic E-state index is -1.49. The topological polar surface area (TPSA) is 115 Å². The van der Waals surface area contributed by atoms with Crippen LogP contribution in [0, 0.1) is 0 Å². The maximum Gasteiger partial charge on any atom is 0.229 e. The smallest absolute Gasteiger partial charge is 0.229 e. The molecule has 5 N–H and O–H groups in total. The molecule has 9 heteroatoms. The molecule has 3 rings (SSSR count). The van der Waals surface area contributed by atoms with Crippen LogP contribution in [0.25, 0.3) is 10.9 Å². The van der Waals surface area contributed by atoms with Gasteiger partial charge in [-0.15, -0.1) is 0 Å². The van der Waals surface area contributed by atoms with Gasteiger partial charge in [0.05, 0.1) is 17.1 Å². The van der Waals surface area contributed by atoms with Crippen LogP contribution in [0.2, 0.25) is 5.02 Å². The van der Waals surface area contributed by atoms with Gasteiger partial charge in [-0.1, -0.05) is 11.6 Å². The Morgan fingerprint density at radius 3 is 2.65 bits per heavy atom. The maximum absolute atomic E-state index is 10.0. The van der Waals surface area contributed by atoms with Crippen LogP contribution in [-0.4, -0.2) is 62.7 Å². The minimum Gasteiger partial charge on any atom is -0.460 e. The highest BCUT2D eigenvalue weighted by molar-refractivity contribution is 9.10. The Labute approximate surface area is 144 Å². The van der Waals surface area contributed by atoms with E-state index in [0.29, 0.717) is 20.6 Å². The Hall–Kier alpha value is -0.870. The first-order valence-electron chi connectivity index (χ1n) is 6.85. The van der Waals surface area contributed by atoms with Crippen molar-refractivity contribution in [2.45, 2.75) is 30.7 Å². The lowest BCUT2D eigenvalue weighted by Crippen LogP contribution is -2.60. The molecule has 23 heavy (non-hydrogen) atoms. The van der Waals surface area contributed by atoms with Gasteiger partial charge < -0.3 is 34.9 Å². The molecular weight excluding hydrogens is 394 g/mol. The van der Waals surface area contributed by atoms with Crippen molar-refractivity contribution in [1.29, 1.82) is 0 Å². The Balaban J connectivity index is 1.88. The van der Waals surface area contributed by atoms with E-state index in [4.69, 9.17) is 21.1 Å². The van der Waals surface area contributed by atoms with Crippen LogP contribution in [0.5, 0.6) is 5.75 Å². The van der Waals surface area contributed by atoms with Gasteiger partial charge in [0.25, 0.3) is 0 Å². The third-order valence-electron chi connectivity index (χ3n) is 3.78. The van der Waals surface area contributed by atoms with E-state index in [2.05, 4.69) is 20.9 Å². The number of aliphatic hydroxyl groups is 4. The fourth-order valence-corrected chi connectivity index (χ4v) is 2.99. The number of ether oxygens (including phenoxy) is 2. The van der Waals surface area contributed by atoms with Crippen molar-refractivity contribution in [3.8, 4) is 5.75 Å². The second-order valence-corrected chi connectivity index (χ2v) is 6.54. The number of benzene rings is 1. The number of aromatic nitrogens is 1. The van der Waals surface area contributed by atoms with Crippen molar-refractivity contribution in [3.63, 3.8) is 0 Å². The summed E-state index contributed by atoms with van der Waals surface area (Å²) >= 11 is 9.35. The monoisotopic (exact) mass is 407 g/mol. The van der Waals surface area contributed by atoms with Gasteiger partial charge in [-0.25, -0.2) is 0 Å². The first kappa shape index (κ1) is 17.0. The number of halogens is 2. The van der Waals surface area contributed by atoms with E-state index in [9.17, 15) is 20.4 Å². The van der Waals surface area contributed by atoms with E-state index in [-0.39, 0.29) is 0 Å². The van der Waals surface area contributed by atoms with Gasteiger partial charge in [-0.2, -0.15) is 0 Å². The summed E-state index contributed by atoms with van der Waals surface area (Å²) < 4.78 is 11.6. The van der Waals surface area contributed by atoms with Crippen LogP contribution in [-0.2, 0) is 4.74 Å². The number of aromatic amines is 1. The standard InChI is InChI=1S/C14H15BrClNO6/c15-6-1-5-8(2-7(6)16)17-3-9(5)22-14-13(21)12(20)11(19)10(4-18)23-14/h1-3,10-14,17-21H,4H2/t10-,11+,12+,13-,14?/m1/s1. The predicted octanol–water partition coefficient (Wildman–Crippen LogP) is 0.762. The van der Waals surface area contributed by atoms with E-state index >= 15 is 0 Å². The van der Waals surface area contributed by atoms with Crippen molar-refractivity contribution in [2.24, 2.45) is 0 Å². The van der Waals surface area contributed by atoms with Crippen molar-refractivity contribution in [1.82, 2.24) is 4.98 Å². The van der Waals surface area contributed by atoms with Crippen LogP contribution < -0.4 is 4.74 Å². The molecule has 126 valence electrons. The summed E-state index contributed by atoms with van der Waals surface area (Å²) in [6, 6.07) is 3.45. The molecule has 0 amide bonds. The highest BCUT2D eigenvalue weighted by atomic mass is 79.9. The van der Waals surface area contributed by atoms with Crippen LogP contribution in [0.4, 0.5) is 0 Å². The molecule has 1 aliphatic rings. The third-order valence-corrected chi connectivity index (χ3v) is 4.97. The summed E-state index contributed by atoms with van der Waals surface area (Å²) in [6.45, 7) is -0.514. The number of fused-ring (bicyclic) bond motifs is 1. The Morgan fingerprint density at radius 1 is 1.22 bits per heavy atom. The molecule has 5 atom stereocenters. The molecule has 1 aliphatic heterocycles. The molecule has 0 bridgehead atoms. The fourth-order valence-electron chi connectivity index (χ4n) is 2.48. The van der Waals surface area contributed by atoms with Gasteiger partial charge in [0.2, 0.25) is 6.29 Å². The first-order valence-corrected chi connectivity index (χ1v) is 8.02. The minimum absolute atomic E-state index is 0.377. The summed E-state index contributed by atoms with van der Waals surface area (Å²) in [6.07, 6.45) is -5.07. The zero-order chi connectivity index (χ0) is 16.7. The summed E-state index contributed by atoms with van der Waals surface area (Å²) in [7, 11) is 0. The van der Waals surface area contributed by atoms with Crippen molar-refractivity contribution in [2.75, 3.05) is 6.61 Å². The highest BCUT2D eigenvalue weighted by Crippen LogP contribution is 2.34. The second-order valence-electron chi connectivity index (χ2n) is 5.28. The third kappa shape index (κ3) is 3.08. The quantitative estimate of drug-likeness (QED) is 0.512. The Kier molecular flexibility index (Phi) is 4.84. The second kappa shape index (κ2) is 6.56. The molecule has 0 spiro atoms. The molecule has 1 unspecified atom stereocenters. The molecule has 0 radical (unpaired) electrons. The molecule has 7 nitrogen and oxygen atoms in total.